The largest absolute Gasteiger partial charge is 0.404 e. The van der Waals surface area contributed by atoms with Crippen LogP contribution in [0.2, 0.25) is 0 Å². The smallest absolute Gasteiger partial charge is 0.250 e. The van der Waals surface area contributed by atoms with Gasteiger partial charge in [0.15, 0.2) is 0 Å². The monoisotopic (exact) mass is 254 g/mol. The zero-order valence-corrected chi connectivity index (χ0v) is 11.2. The van der Waals surface area contributed by atoms with Gasteiger partial charge in [0.1, 0.15) is 0 Å². The molecule has 0 atom stereocenters. The van der Waals surface area contributed by atoms with Crippen molar-refractivity contribution in [2.45, 2.75) is 20.3 Å². The van der Waals surface area contributed by atoms with E-state index in [4.69, 9.17) is 11.5 Å². The first kappa shape index (κ1) is 14.6. The van der Waals surface area contributed by atoms with Crippen molar-refractivity contribution in [3.8, 4) is 11.8 Å². The molecule has 1 amide bonds. The first-order chi connectivity index (χ1) is 9.06. The van der Waals surface area contributed by atoms with Crippen LogP contribution in [0.25, 0.3) is 0 Å². The first-order valence-electron chi connectivity index (χ1n) is 6.07. The number of primary amides is 1. The van der Waals surface area contributed by atoms with E-state index >= 15 is 0 Å². The number of carbonyl (C=O) groups is 1. The molecule has 0 fully saturated rings. The third-order valence-electron chi connectivity index (χ3n) is 2.56. The molecule has 0 bridgehead atoms. The van der Waals surface area contributed by atoms with E-state index in [0.717, 1.165) is 16.7 Å². The standard InChI is InChI=1S/C16H18N2O/c1-3-13(10-15(11-17)16(18)19)7-8-14-6-4-5-12(2)9-14/h4-6,9-11H,3,17H2,1-2H3,(H2,18,19)/b13-10+,15-11+. The molecule has 0 unspecified atom stereocenters. The molecule has 0 aliphatic carbocycles. The van der Waals surface area contributed by atoms with Gasteiger partial charge in [-0.2, -0.15) is 0 Å². The van der Waals surface area contributed by atoms with Crippen LogP contribution in [-0.2, 0) is 4.79 Å². The molecule has 3 nitrogen and oxygen atoms in total. The highest BCUT2D eigenvalue weighted by Gasteiger charge is 2.01. The summed E-state index contributed by atoms with van der Waals surface area (Å²) in [4.78, 5) is 11.1. The molecule has 1 aromatic carbocycles. The van der Waals surface area contributed by atoms with E-state index in [1.165, 1.54) is 6.20 Å². The van der Waals surface area contributed by atoms with Crippen LogP contribution in [0.4, 0.5) is 0 Å². The lowest BCUT2D eigenvalue weighted by atomic mass is 10.1. The fourth-order valence-electron chi connectivity index (χ4n) is 1.49. The Hall–Kier alpha value is -2.47. The number of allylic oxidation sites excluding steroid dienone is 1. The summed E-state index contributed by atoms with van der Waals surface area (Å²) in [7, 11) is 0. The molecule has 0 heterocycles. The molecular formula is C16H18N2O. The lowest BCUT2D eigenvalue weighted by molar-refractivity contribution is -0.114. The van der Waals surface area contributed by atoms with Crippen molar-refractivity contribution in [2.75, 3.05) is 0 Å². The lowest BCUT2D eigenvalue weighted by Gasteiger charge is -1.97. The molecule has 0 aliphatic rings. The summed E-state index contributed by atoms with van der Waals surface area (Å²) < 4.78 is 0. The number of rotatable bonds is 3. The van der Waals surface area contributed by atoms with Crippen molar-refractivity contribution in [1.82, 2.24) is 0 Å². The fraction of sp³-hybridized carbons (Fsp3) is 0.188. The van der Waals surface area contributed by atoms with E-state index in [2.05, 4.69) is 11.8 Å². The molecule has 0 aliphatic heterocycles. The van der Waals surface area contributed by atoms with E-state index in [1.807, 2.05) is 38.1 Å². The SMILES string of the molecule is CC/C(C#Cc1cccc(C)c1)=C\C(=C/N)C(N)=O. The zero-order chi connectivity index (χ0) is 14.3. The van der Waals surface area contributed by atoms with Crippen LogP contribution in [0.3, 0.4) is 0 Å². The highest BCUT2D eigenvalue weighted by molar-refractivity contribution is 5.95. The number of aryl methyl sites for hydroxylation is 1. The average molecular weight is 254 g/mol. The normalized spacial score (nSPS) is 11.7. The van der Waals surface area contributed by atoms with E-state index in [9.17, 15) is 4.79 Å². The number of nitrogens with two attached hydrogens (primary N) is 2. The summed E-state index contributed by atoms with van der Waals surface area (Å²) in [6.07, 6.45) is 3.54. The Balaban J connectivity index is 3.01. The van der Waals surface area contributed by atoms with Crippen molar-refractivity contribution in [3.63, 3.8) is 0 Å². The molecule has 19 heavy (non-hydrogen) atoms. The molecule has 0 saturated heterocycles. The second kappa shape index (κ2) is 7.07. The second-order valence-corrected chi connectivity index (χ2v) is 4.13. The second-order valence-electron chi connectivity index (χ2n) is 4.13. The lowest BCUT2D eigenvalue weighted by Crippen LogP contribution is -2.14. The van der Waals surface area contributed by atoms with Gasteiger partial charge < -0.3 is 11.5 Å². The minimum Gasteiger partial charge on any atom is -0.404 e. The van der Waals surface area contributed by atoms with Gasteiger partial charge in [0, 0.05) is 17.3 Å². The van der Waals surface area contributed by atoms with Gasteiger partial charge in [-0.05, 0) is 37.1 Å². The van der Waals surface area contributed by atoms with Crippen molar-refractivity contribution < 1.29 is 4.79 Å². The maximum absolute atomic E-state index is 11.1. The van der Waals surface area contributed by atoms with Crippen LogP contribution in [0.5, 0.6) is 0 Å². The number of hydrogen-bond acceptors (Lipinski definition) is 2. The van der Waals surface area contributed by atoms with Gasteiger partial charge in [-0.3, -0.25) is 4.79 Å². The summed E-state index contributed by atoms with van der Waals surface area (Å²) in [5.74, 6) is 5.56. The van der Waals surface area contributed by atoms with Crippen molar-refractivity contribution >= 4 is 5.91 Å². The van der Waals surface area contributed by atoms with Gasteiger partial charge in [-0.15, -0.1) is 0 Å². The maximum atomic E-state index is 11.1. The molecule has 0 saturated carbocycles. The predicted octanol–water partition coefficient (Wildman–Crippen LogP) is 2.01. The molecule has 0 radical (unpaired) electrons. The summed E-state index contributed by atoms with van der Waals surface area (Å²) in [5, 5.41) is 0. The minimum absolute atomic E-state index is 0.274. The number of amides is 1. The van der Waals surface area contributed by atoms with Crippen LogP contribution in [0.1, 0.15) is 24.5 Å². The Labute approximate surface area is 114 Å². The molecular weight excluding hydrogens is 236 g/mol. The summed E-state index contributed by atoms with van der Waals surface area (Å²) >= 11 is 0. The van der Waals surface area contributed by atoms with Crippen molar-refractivity contribution in [1.29, 1.82) is 0 Å². The Kier molecular flexibility index (Phi) is 5.43. The highest BCUT2D eigenvalue weighted by atomic mass is 16.1. The Morgan fingerprint density at radius 1 is 1.42 bits per heavy atom. The van der Waals surface area contributed by atoms with Crippen LogP contribution >= 0.6 is 0 Å². The molecule has 0 spiro atoms. The number of carbonyl (C=O) groups excluding carboxylic acids is 1. The molecule has 0 aromatic heterocycles. The topological polar surface area (TPSA) is 69.1 Å². The van der Waals surface area contributed by atoms with Crippen molar-refractivity contribution in [2.24, 2.45) is 11.5 Å². The summed E-state index contributed by atoms with van der Waals surface area (Å²) in [5.41, 5.74) is 13.7. The minimum atomic E-state index is -0.550. The predicted molar refractivity (Wildman–Crippen MR) is 77.9 cm³/mol. The van der Waals surface area contributed by atoms with Gasteiger partial charge in [0.25, 0.3) is 0 Å². The van der Waals surface area contributed by atoms with E-state index in [1.54, 1.807) is 6.08 Å². The quantitative estimate of drug-likeness (QED) is 0.492. The zero-order valence-electron chi connectivity index (χ0n) is 11.2. The summed E-state index contributed by atoms with van der Waals surface area (Å²) in [6, 6.07) is 7.93. The first-order valence-corrected chi connectivity index (χ1v) is 6.07. The Bertz CT molecular complexity index is 586. The molecule has 4 N–H and O–H groups in total. The van der Waals surface area contributed by atoms with Crippen molar-refractivity contribution in [3.05, 3.63) is 58.8 Å². The van der Waals surface area contributed by atoms with Gasteiger partial charge in [0.2, 0.25) is 5.91 Å². The maximum Gasteiger partial charge on any atom is 0.250 e. The number of hydrogen-bond donors (Lipinski definition) is 2. The van der Waals surface area contributed by atoms with Gasteiger partial charge in [-0.1, -0.05) is 30.9 Å². The third-order valence-corrected chi connectivity index (χ3v) is 2.56. The molecule has 3 heteroatoms. The summed E-state index contributed by atoms with van der Waals surface area (Å²) in [6.45, 7) is 3.98. The third kappa shape index (κ3) is 4.72. The molecule has 98 valence electrons. The van der Waals surface area contributed by atoms with Gasteiger partial charge >= 0.3 is 0 Å². The van der Waals surface area contributed by atoms with Gasteiger partial charge in [0.05, 0.1) is 5.57 Å². The fourth-order valence-corrected chi connectivity index (χ4v) is 1.49. The van der Waals surface area contributed by atoms with Gasteiger partial charge in [-0.25, -0.2) is 0 Å². The molecule has 1 rings (SSSR count). The van der Waals surface area contributed by atoms with Crippen LogP contribution in [0, 0.1) is 18.8 Å². The van der Waals surface area contributed by atoms with Crippen LogP contribution in [0.15, 0.2) is 47.7 Å². The van der Waals surface area contributed by atoms with E-state index in [0.29, 0.717) is 6.42 Å². The van der Waals surface area contributed by atoms with Crippen LogP contribution < -0.4 is 11.5 Å². The highest BCUT2D eigenvalue weighted by Crippen LogP contribution is 2.06. The van der Waals surface area contributed by atoms with E-state index < -0.39 is 5.91 Å². The van der Waals surface area contributed by atoms with E-state index in [-0.39, 0.29) is 5.57 Å². The number of benzene rings is 1. The molecule has 1 aromatic rings. The average Bonchev–Trinajstić information content (AvgIpc) is 2.39. The van der Waals surface area contributed by atoms with Crippen LogP contribution in [-0.4, -0.2) is 5.91 Å². The Morgan fingerprint density at radius 2 is 2.16 bits per heavy atom. The Morgan fingerprint density at radius 3 is 2.68 bits per heavy atom.